The predicted molar refractivity (Wildman–Crippen MR) is 133 cm³/mol. The zero-order valence-corrected chi connectivity index (χ0v) is 19.9. The van der Waals surface area contributed by atoms with Crippen LogP contribution in [0, 0.1) is 13.8 Å². The van der Waals surface area contributed by atoms with E-state index in [0.29, 0.717) is 22.7 Å². The zero-order valence-electron chi connectivity index (χ0n) is 19.9. The van der Waals surface area contributed by atoms with Crippen molar-refractivity contribution < 1.29 is 18.4 Å². The Morgan fingerprint density at radius 2 is 1.72 bits per heavy atom. The molecular formula is C27H25N5O4. The van der Waals surface area contributed by atoms with Gasteiger partial charge in [-0.1, -0.05) is 23.4 Å². The Kier molecular flexibility index (Phi) is 6.36. The van der Waals surface area contributed by atoms with Gasteiger partial charge in [-0.3, -0.25) is 14.5 Å². The molecule has 0 aliphatic heterocycles. The van der Waals surface area contributed by atoms with Crippen LogP contribution in [0.15, 0.2) is 88.1 Å². The summed E-state index contributed by atoms with van der Waals surface area (Å²) in [6, 6.07) is 19.0. The number of nitrogens with zero attached hydrogens (tertiary/aromatic N) is 4. The summed E-state index contributed by atoms with van der Waals surface area (Å²) in [5.74, 6) is 0.185. The lowest BCUT2D eigenvalue weighted by Gasteiger charge is -2.30. The van der Waals surface area contributed by atoms with Crippen LogP contribution in [0.3, 0.4) is 0 Å². The second-order valence-electron chi connectivity index (χ2n) is 8.56. The molecule has 5 rings (SSSR count). The van der Waals surface area contributed by atoms with Crippen molar-refractivity contribution in [3.05, 3.63) is 102 Å². The Bertz CT molecular complexity index is 1470. The lowest BCUT2D eigenvalue weighted by atomic mass is 10.1. The van der Waals surface area contributed by atoms with Gasteiger partial charge in [-0.2, -0.15) is 0 Å². The van der Waals surface area contributed by atoms with Crippen LogP contribution in [0.5, 0.6) is 0 Å². The minimum atomic E-state index is -1.06. The molecule has 0 saturated heterocycles. The molecule has 2 amide bonds. The Balaban J connectivity index is 1.55. The molecule has 0 radical (unpaired) electrons. The number of hydrogen-bond acceptors (Lipinski definition) is 6. The Morgan fingerprint density at radius 3 is 2.44 bits per heavy atom. The van der Waals surface area contributed by atoms with Crippen LogP contribution in [0.4, 0.5) is 5.69 Å². The summed E-state index contributed by atoms with van der Waals surface area (Å²) >= 11 is 0. The van der Waals surface area contributed by atoms with Gasteiger partial charge in [0, 0.05) is 5.69 Å². The molecule has 2 aromatic carbocycles. The minimum absolute atomic E-state index is 0.115. The summed E-state index contributed by atoms with van der Waals surface area (Å²) < 4.78 is 12.5. The highest BCUT2D eigenvalue weighted by atomic mass is 16.3. The molecule has 182 valence electrons. The molecule has 1 atom stereocenters. The maximum absolute atomic E-state index is 13.9. The first-order valence-electron chi connectivity index (χ1n) is 11.5. The fraction of sp³-hybridized carbons (Fsp3) is 0.185. The van der Waals surface area contributed by atoms with E-state index in [4.69, 9.17) is 8.83 Å². The SMILES string of the molecule is Cc1cc(C)cc(N(C(=O)Cn2nnc3ccccc32)C(C(=O)NCc2ccco2)c2ccco2)c1. The molecule has 0 saturated carbocycles. The van der Waals surface area contributed by atoms with Gasteiger partial charge in [-0.25, -0.2) is 4.68 Å². The minimum Gasteiger partial charge on any atom is -0.467 e. The topological polar surface area (TPSA) is 106 Å². The predicted octanol–water partition coefficient (Wildman–Crippen LogP) is 4.33. The van der Waals surface area contributed by atoms with Crippen molar-refractivity contribution >= 4 is 28.5 Å². The molecule has 0 aliphatic carbocycles. The number of aromatic nitrogens is 3. The van der Waals surface area contributed by atoms with E-state index in [1.807, 2.05) is 56.3 Å². The average molecular weight is 484 g/mol. The van der Waals surface area contributed by atoms with Crippen molar-refractivity contribution in [2.75, 3.05) is 4.90 Å². The third kappa shape index (κ3) is 4.76. The Labute approximate surface area is 207 Å². The Morgan fingerprint density at radius 1 is 0.972 bits per heavy atom. The van der Waals surface area contributed by atoms with E-state index in [1.54, 1.807) is 30.5 Å². The van der Waals surface area contributed by atoms with Gasteiger partial charge in [-0.15, -0.1) is 5.10 Å². The number of aryl methyl sites for hydroxylation is 2. The van der Waals surface area contributed by atoms with Crippen LogP contribution in [0.25, 0.3) is 11.0 Å². The van der Waals surface area contributed by atoms with Gasteiger partial charge in [0.1, 0.15) is 23.6 Å². The number of rotatable bonds is 8. The molecule has 36 heavy (non-hydrogen) atoms. The smallest absolute Gasteiger partial charge is 0.251 e. The average Bonchev–Trinajstić information content (AvgIpc) is 3.63. The summed E-state index contributed by atoms with van der Waals surface area (Å²) in [6.07, 6.45) is 3.02. The molecule has 0 spiro atoms. The van der Waals surface area contributed by atoms with Gasteiger partial charge in [0.25, 0.3) is 5.91 Å². The zero-order chi connectivity index (χ0) is 25.1. The molecule has 1 unspecified atom stereocenters. The highest BCUT2D eigenvalue weighted by Crippen LogP contribution is 2.30. The highest BCUT2D eigenvalue weighted by molar-refractivity contribution is 6.01. The second kappa shape index (κ2) is 9.91. The number of benzene rings is 2. The van der Waals surface area contributed by atoms with Crippen molar-refractivity contribution in [3.63, 3.8) is 0 Å². The maximum atomic E-state index is 13.9. The third-order valence-corrected chi connectivity index (χ3v) is 5.79. The summed E-state index contributed by atoms with van der Waals surface area (Å²) in [7, 11) is 0. The van der Waals surface area contributed by atoms with E-state index in [2.05, 4.69) is 15.6 Å². The summed E-state index contributed by atoms with van der Waals surface area (Å²) in [6.45, 7) is 3.95. The van der Waals surface area contributed by atoms with Crippen LogP contribution in [0.1, 0.15) is 28.7 Å². The molecule has 1 N–H and O–H groups in total. The molecule has 5 aromatic rings. The highest BCUT2D eigenvalue weighted by Gasteiger charge is 2.35. The quantitative estimate of drug-likeness (QED) is 0.352. The summed E-state index contributed by atoms with van der Waals surface area (Å²) in [5, 5.41) is 11.2. The number of anilines is 1. The van der Waals surface area contributed by atoms with E-state index >= 15 is 0 Å². The number of amides is 2. The first kappa shape index (κ1) is 23.1. The van der Waals surface area contributed by atoms with Gasteiger partial charge in [0.15, 0.2) is 6.04 Å². The van der Waals surface area contributed by atoms with Gasteiger partial charge in [0.2, 0.25) is 5.91 Å². The lowest BCUT2D eigenvalue weighted by Crippen LogP contribution is -2.45. The van der Waals surface area contributed by atoms with E-state index in [1.165, 1.54) is 15.8 Å². The first-order chi connectivity index (χ1) is 17.5. The van der Waals surface area contributed by atoms with Crippen LogP contribution < -0.4 is 10.2 Å². The van der Waals surface area contributed by atoms with Gasteiger partial charge in [0.05, 0.1) is 24.6 Å². The number of hydrogen-bond donors (Lipinski definition) is 1. The van der Waals surface area contributed by atoms with Gasteiger partial charge >= 0.3 is 0 Å². The molecule has 3 aromatic heterocycles. The molecule has 3 heterocycles. The molecule has 9 nitrogen and oxygen atoms in total. The normalized spacial score (nSPS) is 11.9. The van der Waals surface area contributed by atoms with E-state index in [0.717, 1.165) is 16.6 Å². The molecular weight excluding hydrogens is 458 g/mol. The van der Waals surface area contributed by atoms with Crippen molar-refractivity contribution in [1.29, 1.82) is 0 Å². The lowest BCUT2D eigenvalue weighted by molar-refractivity contribution is -0.127. The monoisotopic (exact) mass is 483 g/mol. The number of carbonyl (C=O) groups is 2. The molecule has 9 heteroatoms. The fourth-order valence-corrected chi connectivity index (χ4v) is 4.27. The Hall–Kier alpha value is -4.66. The second-order valence-corrected chi connectivity index (χ2v) is 8.56. The van der Waals surface area contributed by atoms with Crippen molar-refractivity contribution in [2.24, 2.45) is 0 Å². The molecule has 0 aliphatic rings. The number of fused-ring (bicyclic) bond motifs is 1. The largest absolute Gasteiger partial charge is 0.467 e. The van der Waals surface area contributed by atoms with Crippen molar-refractivity contribution in [1.82, 2.24) is 20.3 Å². The molecule has 0 bridgehead atoms. The summed E-state index contributed by atoms with van der Waals surface area (Å²) in [4.78, 5) is 29.0. The number of nitrogens with one attached hydrogen (secondary N) is 1. The standard InChI is InChI=1S/C27H25N5O4/c1-18-13-19(2)15-20(14-18)32(25(33)17-31-23-9-4-3-8-22(23)29-30-31)26(24-10-6-12-36-24)27(34)28-16-21-7-5-11-35-21/h3-15,26H,16-17H2,1-2H3,(H,28,34). The maximum Gasteiger partial charge on any atom is 0.251 e. The van der Waals surface area contributed by atoms with Crippen LogP contribution in [-0.2, 0) is 22.7 Å². The number of carbonyl (C=O) groups excluding carboxylic acids is 2. The molecule has 0 fully saturated rings. The van der Waals surface area contributed by atoms with Crippen LogP contribution in [-0.4, -0.2) is 26.8 Å². The first-order valence-corrected chi connectivity index (χ1v) is 11.5. The summed E-state index contributed by atoms with van der Waals surface area (Å²) in [5.41, 5.74) is 3.91. The van der Waals surface area contributed by atoms with Gasteiger partial charge < -0.3 is 14.2 Å². The fourth-order valence-electron chi connectivity index (χ4n) is 4.27. The van der Waals surface area contributed by atoms with Crippen molar-refractivity contribution in [2.45, 2.75) is 33.0 Å². The van der Waals surface area contributed by atoms with Gasteiger partial charge in [-0.05, 0) is 73.5 Å². The van der Waals surface area contributed by atoms with E-state index < -0.39 is 11.9 Å². The van der Waals surface area contributed by atoms with Crippen LogP contribution >= 0.6 is 0 Å². The van der Waals surface area contributed by atoms with Crippen LogP contribution in [0.2, 0.25) is 0 Å². The number of para-hydroxylation sites is 1. The third-order valence-electron chi connectivity index (χ3n) is 5.79. The van der Waals surface area contributed by atoms with E-state index in [-0.39, 0.29) is 19.0 Å². The van der Waals surface area contributed by atoms with Crippen molar-refractivity contribution in [3.8, 4) is 0 Å². The van der Waals surface area contributed by atoms with E-state index in [9.17, 15) is 9.59 Å². The number of furan rings is 2.